The smallest absolute Gasteiger partial charge is 0.197 e. The highest BCUT2D eigenvalue weighted by Crippen LogP contribution is 2.48. The van der Waals surface area contributed by atoms with Crippen molar-refractivity contribution in [3.05, 3.63) is 114 Å². The molecule has 0 amide bonds. The Balaban J connectivity index is 1.50. The minimum Gasteiger partial charge on any atom is -0.355 e. The molecule has 0 fully saturated rings. The van der Waals surface area contributed by atoms with E-state index >= 15 is 0 Å². The van der Waals surface area contributed by atoms with E-state index in [2.05, 4.69) is 135 Å². The maximum absolute atomic E-state index is 3.68. The van der Waals surface area contributed by atoms with Gasteiger partial charge in [0.1, 0.15) is 0 Å². The average Bonchev–Trinajstić information content (AvgIpc) is 3.27. The molecular weight excluding hydrogens is 447 g/mol. The van der Waals surface area contributed by atoms with Crippen LogP contribution in [-0.2, 0) is 5.41 Å². The van der Waals surface area contributed by atoms with Crippen molar-refractivity contribution in [3.8, 4) is 16.8 Å². The van der Waals surface area contributed by atoms with E-state index in [9.17, 15) is 0 Å². The lowest BCUT2D eigenvalue weighted by atomic mass is 9.57. The molecule has 3 heteroatoms. The zero-order chi connectivity index (χ0) is 24.9. The molecule has 1 aromatic heterocycles. The first-order valence-electron chi connectivity index (χ1n) is 13.1. The summed E-state index contributed by atoms with van der Waals surface area (Å²) in [5, 5.41) is 6.41. The number of hydrogen-bond donors (Lipinski definition) is 1. The third-order valence-electron chi connectivity index (χ3n) is 8.50. The van der Waals surface area contributed by atoms with Crippen molar-refractivity contribution in [2.75, 3.05) is 5.32 Å². The van der Waals surface area contributed by atoms with E-state index in [1.54, 1.807) is 0 Å². The minimum atomic E-state index is -0.0521. The fourth-order valence-corrected chi connectivity index (χ4v) is 6.82. The summed E-state index contributed by atoms with van der Waals surface area (Å²) < 4.78 is 2.58. The number of aryl methyl sites for hydroxylation is 1. The third kappa shape index (κ3) is 2.66. The van der Waals surface area contributed by atoms with Gasteiger partial charge in [-0.25, -0.2) is 0 Å². The van der Waals surface area contributed by atoms with Gasteiger partial charge in [0.2, 0.25) is 0 Å². The fraction of sp³-hybridized carbons (Fsp3) is 0.118. The van der Waals surface area contributed by atoms with Crippen molar-refractivity contribution in [1.29, 1.82) is 0 Å². The molecule has 3 heterocycles. The van der Waals surface area contributed by atoms with Crippen LogP contribution in [0.5, 0.6) is 0 Å². The third-order valence-corrected chi connectivity index (χ3v) is 8.50. The van der Waals surface area contributed by atoms with Crippen LogP contribution in [0.3, 0.4) is 0 Å². The van der Waals surface area contributed by atoms with Crippen molar-refractivity contribution >= 4 is 51.4 Å². The van der Waals surface area contributed by atoms with Gasteiger partial charge in [0.05, 0.1) is 5.52 Å². The summed E-state index contributed by atoms with van der Waals surface area (Å²) in [6.45, 7) is 7.02. The lowest BCUT2D eigenvalue weighted by Crippen LogP contribution is -2.41. The molecule has 5 aromatic carbocycles. The molecule has 2 aliphatic rings. The van der Waals surface area contributed by atoms with Crippen LogP contribution in [-0.4, -0.2) is 11.8 Å². The number of benzene rings is 5. The van der Waals surface area contributed by atoms with Crippen LogP contribution < -0.4 is 16.2 Å². The van der Waals surface area contributed by atoms with Crippen LogP contribution in [0.2, 0.25) is 0 Å². The second-order valence-electron chi connectivity index (χ2n) is 11.0. The van der Waals surface area contributed by atoms with Crippen molar-refractivity contribution in [3.63, 3.8) is 0 Å². The van der Waals surface area contributed by atoms with Gasteiger partial charge in [-0.2, -0.15) is 0 Å². The molecule has 0 bridgehead atoms. The Bertz CT molecular complexity index is 1910. The molecule has 0 unspecified atom stereocenters. The van der Waals surface area contributed by atoms with Crippen LogP contribution in [0.1, 0.15) is 30.5 Å². The van der Waals surface area contributed by atoms with Crippen LogP contribution in [0, 0.1) is 6.92 Å². The highest BCUT2D eigenvalue weighted by Gasteiger charge is 2.39. The Morgan fingerprint density at radius 1 is 0.730 bits per heavy atom. The number of aromatic nitrogens is 1. The topological polar surface area (TPSA) is 17.0 Å². The molecule has 2 aliphatic heterocycles. The van der Waals surface area contributed by atoms with Crippen LogP contribution in [0.4, 0.5) is 11.4 Å². The highest BCUT2D eigenvalue weighted by molar-refractivity contribution is 6.73. The Hall–Kier alpha value is -4.24. The SMILES string of the molecule is Cc1cc(-c2ccccc2Nc2ccccc2)c2c3c1c1cccc4c1n3-c1c(cccc1C4(C)C)[B]2. The number of para-hydroxylation sites is 4. The van der Waals surface area contributed by atoms with Gasteiger partial charge in [-0.15, -0.1) is 0 Å². The van der Waals surface area contributed by atoms with Gasteiger partial charge < -0.3 is 9.88 Å². The summed E-state index contributed by atoms with van der Waals surface area (Å²) in [7, 11) is 2.43. The summed E-state index contributed by atoms with van der Waals surface area (Å²) in [6, 6.07) is 35.2. The van der Waals surface area contributed by atoms with E-state index in [1.165, 1.54) is 66.2 Å². The van der Waals surface area contributed by atoms with E-state index in [1.807, 2.05) is 0 Å². The molecule has 0 saturated heterocycles. The van der Waals surface area contributed by atoms with Gasteiger partial charge in [0, 0.05) is 44.3 Å². The average molecular weight is 473 g/mol. The predicted molar refractivity (Wildman–Crippen MR) is 158 cm³/mol. The molecule has 175 valence electrons. The summed E-state index contributed by atoms with van der Waals surface area (Å²) in [5.74, 6) is 0. The molecule has 1 radical (unpaired) electrons. The second kappa shape index (κ2) is 7.17. The molecular formula is C34H26BN2. The molecule has 6 aromatic rings. The summed E-state index contributed by atoms with van der Waals surface area (Å²) in [4.78, 5) is 0. The van der Waals surface area contributed by atoms with Crippen molar-refractivity contribution in [2.24, 2.45) is 0 Å². The number of hydrogen-bond acceptors (Lipinski definition) is 1. The van der Waals surface area contributed by atoms with Gasteiger partial charge in [0.15, 0.2) is 7.28 Å². The quantitative estimate of drug-likeness (QED) is 0.271. The van der Waals surface area contributed by atoms with Gasteiger partial charge in [0.25, 0.3) is 0 Å². The van der Waals surface area contributed by atoms with E-state index in [4.69, 9.17) is 0 Å². The van der Waals surface area contributed by atoms with Crippen molar-refractivity contribution < 1.29 is 0 Å². The van der Waals surface area contributed by atoms with E-state index in [-0.39, 0.29) is 5.41 Å². The highest BCUT2D eigenvalue weighted by atomic mass is 15.0. The maximum atomic E-state index is 3.68. The molecule has 0 aliphatic carbocycles. The van der Waals surface area contributed by atoms with Gasteiger partial charge in [-0.1, -0.05) is 98.2 Å². The normalized spacial score (nSPS) is 14.2. The first-order chi connectivity index (χ1) is 18.0. The molecule has 37 heavy (non-hydrogen) atoms. The van der Waals surface area contributed by atoms with Gasteiger partial charge in [-0.3, -0.25) is 0 Å². The van der Waals surface area contributed by atoms with E-state index in [0.29, 0.717) is 0 Å². The van der Waals surface area contributed by atoms with Gasteiger partial charge >= 0.3 is 0 Å². The summed E-state index contributed by atoms with van der Waals surface area (Å²) >= 11 is 0. The zero-order valence-corrected chi connectivity index (χ0v) is 21.3. The van der Waals surface area contributed by atoms with Crippen molar-refractivity contribution in [1.82, 2.24) is 4.57 Å². The maximum Gasteiger partial charge on any atom is 0.197 e. The van der Waals surface area contributed by atoms with Crippen LogP contribution in [0.25, 0.3) is 38.6 Å². The van der Waals surface area contributed by atoms with Crippen molar-refractivity contribution in [2.45, 2.75) is 26.2 Å². The Morgan fingerprint density at radius 2 is 1.49 bits per heavy atom. The minimum absolute atomic E-state index is 0.0521. The largest absolute Gasteiger partial charge is 0.355 e. The zero-order valence-electron chi connectivity index (χ0n) is 21.3. The number of fused-ring (bicyclic) bond motifs is 1. The number of nitrogens with one attached hydrogen (secondary N) is 1. The number of anilines is 2. The Morgan fingerprint density at radius 3 is 2.35 bits per heavy atom. The van der Waals surface area contributed by atoms with Crippen LogP contribution >= 0.6 is 0 Å². The van der Waals surface area contributed by atoms with E-state index in [0.717, 1.165) is 11.4 Å². The second-order valence-corrected chi connectivity index (χ2v) is 11.0. The fourth-order valence-electron chi connectivity index (χ4n) is 6.82. The standard InChI is InChI=1S/C34H26BN2/c1-20-19-24(22-13-7-8-18-28(22)36-21-11-5-4-6-12-21)30-33-29(20)23-14-9-15-25-31(23)37(33)32-26(34(25,2)3)16-10-17-27(32)35-30/h4-19,36H,1-3H3. The number of nitrogens with zero attached hydrogens (tertiary/aromatic N) is 1. The predicted octanol–water partition coefficient (Wildman–Crippen LogP) is 7.11. The Kier molecular flexibility index (Phi) is 4.05. The monoisotopic (exact) mass is 473 g/mol. The summed E-state index contributed by atoms with van der Waals surface area (Å²) in [5.41, 5.74) is 15.4. The summed E-state index contributed by atoms with van der Waals surface area (Å²) in [6.07, 6.45) is 0. The lowest BCUT2D eigenvalue weighted by Gasteiger charge is -2.37. The first-order valence-corrected chi connectivity index (χ1v) is 13.1. The van der Waals surface area contributed by atoms with Crippen LogP contribution in [0.15, 0.2) is 97.1 Å². The molecule has 0 saturated carbocycles. The van der Waals surface area contributed by atoms with Gasteiger partial charge in [-0.05, 0) is 52.8 Å². The lowest BCUT2D eigenvalue weighted by molar-refractivity contribution is 0.631. The molecule has 0 spiro atoms. The first kappa shape index (κ1) is 20.9. The molecule has 8 rings (SSSR count). The molecule has 0 atom stereocenters. The molecule has 2 nitrogen and oxygen atoms in total. The number of rotatable bonds is 3. The van der Waals surface area contributed by atoms with E-state index < -0.39 is 0 Å². The molecule has 1 N–H and O–H groups in total. The Labute approximate surface area is 217 Å².